The average Bonchev–Trinajstić information content (AvgIpc) is 2.70. The Kier molecular flexibility index (Phi) is 6.70. The summed E-state index contributed by atoms with van der Waals surface area (Å²) in [6.45, 7) is 4.59. The van der Waals surface area contributed by atoms with Crippen molar-refractivity contribution in [3.05, 3.63) is 81.6 Å². The van der Waals surface area contributed by atoms with E-state index in [9.17, 15) is 9.59 Å². The number of hydrogen-bond donors (Lipinski definition) is 0. The molecule has 0 saturated carbocycles. The molecule has 0 radical (unpaired) electrons. The fraction of sp³-hybridized carbons (Fsp3) is 0.190. The van der Waals surface area contributed by atoms with Crippen LogP contribution in [0.15, 0.2) is 75.6 Å². The Bertz CT molecular complexity index is 1060. The second-order valence-electron chi connectivity index (χ2n) is 6.28. The average molecular weight is 458 g/mol. The Morgan fingerprint density at radius 2 is 1.96 bits per heavy atom. The highest BCUT2D eigenvalue weighted by Crippen LogP contribution is 2.19. The SMILES string of the molecule is C=CCn1c(SCC(=O)N(C)Cc2ccc(Br)cc2)nc2ccccc2c1=O. The largest absolute Gasteiger partial charge is 0.341 e. The summed E-state index contributed by atoms with van der Waals surface area (Å²) in [5.74, 6) is 0.176. The Hall–Kier alpha value is -2.38. The number of carbonyl (C=O) groups excluding carboxylic acids is 1. The van der Waals surface area contributed by atoms with Crippen LogP contribution in [0.5, 0.6) is 0 Å². The molecule has 7 heteroatoms. The molecule has 0 bridgehead atoms. The van der Waals surface area contributed by atoms with E-state index in [1.54, 1.807) is 34.7 Å². The molecular weight excluding hydrogens is 438 g/mol. The quantitative estimate of drug-likeness (QED) is 0.304. The normalized spacial score (nSPS) is 10.8. The number of allylic oxidation sites excluding steroid dienone is 1. The van der Waals surface area contributed by atoms with Gasteiger partial charge >= 0.3 is 0 Å². The molecule has 0 spiro atoms. The molecule has 1 heterocycles. The van der Waals surface area contributed by atoms with Gasteiger partial charge in [0.2, 0.25) is 5.91 Å². The van der Waals surface area contributed by atoms with Gasteiger partial charge in [-0.15, -0.1) is 6.58 Å². The summed E-state index contributed by atoms with van der Waals surface area (Å²) in [5.41, 5.74) is 1.56. The monoisotopic (exact) mass is 457 g/mol. The van der Waals surface area contributed by atoms with Crippen LogP contribution in [0.3, 0.4) is 0 Å². The molecular formula is C21H20BrN3O2S. The van der Waals surface area contributed by atoms with E-state index in [2.05, 4.69) is 27.5 Å². The van der Waals surface area contributed by atoms with E-state index < -0.39 is 0 Å². The van der Waals surface area contributed by atoms with Crippen molar-refractivity contribution in [2.75, 3.05) is 12.8 Å². The van der Waals surface area contributed by atoms with Gasteiger partial charge in [-0.3, -0.25) is 14.2 Å². The molecule has 0 saturated heterocycles. The number of para-hydroxylation sites is 1. The molecule has 0 atom stereocenters. The number of hydrogen-bond acceptors (Lipinski definition) is 4. The third-order valence-corrected chi connectivity index (χ3v) is 5.71. The van der Waals surface area contributed by atoms with Crippen molar-refractivity contribution in [1.82, 2.24) is 14.5 Å². The first-order chi connectivity index (χ1) is 13.5. The Labute approximate surface area is 176 Å². The number of carbonyl (C=O) groups is 1. The minimum absolute atomic E-state index is 0.0273. The molecule has 3 aromatic rings. The highest BCUT2D eigenvalue weighted by molar-refractivity contribution is 9.10. The summed E-state index contributed by atoms with van der Waals surface area (Å²) in [6, 6.07) is 15.1. The number of thioether (sulfide) groups is 1. The van der Waals surface area contributed by atoms with Gasteiger partial charge in [0.1, 0.15) is 0 Å². The van der Waals surface area contributed by atoms with E-state index in [1.165, 1.54) is 11.8 Å². The fourth-order valence-electron chi connectivity index (χ4n) is 2.74. The van der Waals surface area contributed by atoms with Crippen molar-refractivity contribution in [1.29, 1.82) is 0 Å². The summed E-state index contributed by atoms with van der Waals surface area (Å²) >= 11 is 4.68. The van der Waals surface area contributed by atoms with E-state index in [-0.39, 0.29) is 17.2 Å². The van der Waals surface area contributed by atoms with E-state index >= 15 is 0 Å². The van der Waals surface area contributed by atoms with Crippen molar-refractivity contribution in [2.45, 2.75) is 18.2 Å². The lowest BCUT2D eigenvalue weighted by Gasteiger charge is -2.18. The highest BCUT2D eigenvalue weighted by Gasteiger charge is 2.15. The van der Waals surface area contributed by atoms with Gasteiger partial charge in [-0.1, -0.05) is 58.0 Å². The van der Waals surface area contributed by atoms with Crippen molar-refractivity contribution in [3.63, 3.8) is 0 Å². The predicted octanol–water partition coefficient (Wildman–Crippen LogP) is 4.10. The summed E-state index contributed by atoms with van der Waals surface area (Å²) in [7, 11) is 1.77. The number of aromatic nitrogens is 2. The number of nitrogens with zero attached hydrogens (tertiary/aromatic N) is 3. The van der Waals surface area contributed by atoms with E-state index in [4.69, 9.17) is 0 Å². The van der Waals surface area contributed by atoms with Crippen molar-refractivity contribution in [3.8, 4) is 0 Å². The minimum atomic E-state index is -0.122. The smallest absolute Gasteiger partial charge is 0.262 e. The predicted molar refractivity (Wildman–Crippen MR) is 118 cm³/mol. The van der Waals surface area contributed by atoms with Crippen LogP contribution in [0.4, 0.5) is 0 Å². The van der Waals surface area contributed by atoms with Crippen molar-refractivity contribution < 1.29 is 4.79 Å². The summed E-state index contributed by atoms with van der Waals surface area (Å²) < 4.78 is 2.56. The van der Waals surface area contributed by atoms with Gasteiger partial charge in [0.15, 0.2) is 5.16 Å². The highest BCUT2D eigenvalue weighted by atomic mass is 79.9. The van der Waals surface area contributed by atoms with Crippen LogP contribution < -0.4 is 5.56 Å². The molecule has 0 unspecified atom stereocenters. The van der Waals surface area contributed by atoms with Gasteiger partial charge in [0, 0.05) is 24.6 Å². The summed E-state index contributed by atoms with van der Waals surface area (Å²) in [5, 5.41) is 1.08. The third-order valence-electron chi connectivity index (χ3n) is 4.22. The molecule has 0 fully saturated rings. The van der Waals surface area contributed by atoms with Crippen LogP contribution >= 0.6 is 27.7 Å². The zero-order chi connectivity index (χ0) is 20.1. The molecule has 0 aliphatic heterocycles. The summed E-state index contributed by atoms with van der Waals surface area (Å²) in [6.07, 6.45) is 1.66. The number of halogens is 1. The van der Waals surface area contributed by atoms with Crippen LogP contribution in [0.25, 0.3) is 10.9 Å². The topological polar surface area (TPSA) is 55.2 Å². The number of amides is 1. The zero-order valence-corrected chi connectivity index (χ0v) is 17.9. The maximum Gasteiger partial charge on any atom is 0.262 e. The number of fused-ring (bicyclic) bond motifs is 1. The maximum atomic E-state index is 12.7. The third kappa shape index (κ3) is 4.72. The van der Waals surface area contributed by atoms with Crippen molar-refractivity contribution in [2.24, 2.45) is 0 Å². The van der Waals surface area contributed by atoms with Crippen LogP contribution in [0.1, 0.15) is 5.56 Å². The lowest BCUT2D eigenvalue weighted by Crippen LogP contribution is -2.28. The fourth-order valence-corrected chi connectivity index (χ4v) is 3.95. The second kappa shape index (κ2) is 9.21. The van der Waals surface area contributed by atoms with Gasteiger partial charge in [-0.25, -0.2) is 4.98 Å². The lowest BCUT2D eigenvalue weighted by atomic mass is 10.2. The van der Waals surface area contributed by atoms with Crippen LogP contribution in [0, 0.1) is 0 Å². The zero-order valence-electron chi connectivity index (χ0n) is 15.5. The van der Waals surface area contributed by atoms with Crippen molar-refractivity contribution >= 4 is 44.5 Å². The van der Waals surface area contributed by atoms with Gasteiger partial charge < -0.3 is 4.90 Å². The van der Waals surface area contributed by atoms with Crippen LogP contribution in [-0.2, 0) is 17.9 Å². The first-order valence-electron chi connectivity index (χ1n) is 8.71. The van der Waals surface area contributed by atoms with Gasteiger partial charge in [-0.05, 0) is 29.8 Å². The number of rotatable bonds is 7. The minimum Gasteiger partial charge on any atom is -0.341 e. The first kappa shape index (κ1) is 20.4. The molecule has 0 N–H and O–H groups in total. The van der Waals surface area contributed by atoms with Crippen LogP contribution in [0.2, 0.25) is 0 Å². The molecule has 2 aromatic carbocycles. The molecule has 0 aliphatic carbocycles. The Morgan fingerprint density at radius 3 is 2.68 bits per heavy atom. The molecule has 1 aromatic heterocycles. The van der Waals surface area contributed by atoms with E-state index in [0.717, 1.165) is 10.0 Å². The second-order valence-corrected chi connectivity index (χ2v) is 8.14. The Morgan fingerprint density at radius 1 is 1.25 bits per heavy atom. The van der Waals surface area contributed by atoms with Crippen LogP contribution in [-0.4, -0.2) is 33.2 Å². The number of benzene rings is 2. The summed E-state index contributed by atoms with van der Waals surface area (Å²) in [4.78, 5) is 31.6. The Balaban J connectivity index is 1.75. The van der Waals surface area contributed by atoms with E-state index in [1.807, 2.05) is 36.4 Å². The van der Waals surface area contributed by atoms with E-state index in [0.29, 0.717) is 29.1 Å². The maximum absolute atomic E-state index is 12.7. The molecule has 5 nitrogen and oxygen atoms in total. The van der Waals surface area contributed by atoms with Gasteiger partial charge in [-0.2, -0.15) is 0 Å². The lowest BCUT2D eigenvalue weighted by molar-refractivity contribution is -0.127. The molecule has 3 rings (SSSR count). The molecule has 144 valence electrons. The van der Waals surface area contributed by atoms with Gasteiger partial charge in [0.05, 0.1) is 16.7 Å². The molecule has 0 aliphatic rings. The first-order valence-corrected chi connectivity index (χ1v) is 10.5. The molecule has 1 amide bonds. The molecule has 28 heavy (non-hydrogen) atoms. The standard InChI is InChI=1S/C21H20BrN3O2S/c1-3-12-25-20(27)17-6-4-5-7-18(17)23-21(25)28-14-19(26)24(2)13-15-8-10-16(22)11-9-15/h3-11H,1,12-14H2,2H3. The van der Waals surface area contributed by atoms with Gasteiger partial charge in [0.25, 0.3) is 5.56 Å².